The Bertz CT molecular complexity index is 755. The van der Waals surface area contributed by atoms with Gasteiger partial charge in [-0.3, -0.25) is 9.78 Å². The smallest absolute Gasteiger partial charge is 0.255 e. The number of piperidine rings is 1. The third-order valence-corrected chi connectivity index (χ3v) is 5.32. The number of rotatable bonds is 2. The molecule has 2 aliphatic rings. The van der Waals surface area contributed by atoms with Crippen LogP contribution in [0.25, 0.3) is 10.9 Å². The van der Waals surface area contributed by atoms with Crippen molar-refractivity contribution in [3.63, 3.8) is 0 Å². The Morgan fingerprint density at radius 3 is 3.04 bits per heavy atom. The Kier molecular flexibility index (Phi) is 3.98. The predicted octanol–water partition coefficient (Wildman–Crippen LogP) is 2.64. The Morgan fingerprint density at radius 1 is 1.38 bits per heavy atom. The van der Waals surface area contributed by atoms with Crippen LogP contribution < -0.4 is 0 Å². The van der Waals surface area contributed by atoms with Crippen molar-refractivity contribution in [1.82, 2.24) is 9.88 Å². The van der Waals surface area contributed by atoms with Gasteiger partial charge in [-0.05, 0) is 31.4 Å². The van der Waals surface area contributed by atoms with E-state index in [9.17, 15) is 4.79 Å². The van der Waals surface area contributed by atoms with Crippen molar-refractivity contribution in [2.75, 3.05) is 26.8 Å². The summed E-state index contributed by atoms with van der Waals surface area (Å²) in [6.07, 6.45) is 4.53. The van der Waals surface area contributed by atoms with Crippen molar-refractivity contribution in [2.45, 2.75) is 31.0 Å². The Labute approximate surface area is 141 Å². The average Bonchev–Trinajstić information content (AvgIpc) is 3.10. The van der Waals surface area contributed by atoms with Gasteiger partial charge in [0, 0.05) is 38.4 Å². The minimum Gasteiger partial charge on any atom is -0.377 e. The van der Waals surface area contributed by atoms with E-state index in [4.69, 9.17) is 9.47 Å². The molecule has 2 fully saturated rings. The van der Waals surface area contributed by atoms with Crippen molar-refractivity contribution in [3.8, 4) is 0 Å². The second-order valence-electron chi connectivity index (χ2n) is 6.66. The zero-order valence-electron chi connectivity index (χ0n) is 13.9. The summed E-state index contributed by atoms with van der Waals surface area (Å²) in [5, 5.41) is 0.985. The quantitative estimate of drug-likeness (QED) is 0.851. The number of carbonyl (C=O) groups is 1. The minimum absolute atomic E-state index is 0.0168. The molecule has 2 atom stereocenters. The summed E-state index contributed by atoms with van der Waals surface area (Å²) in [5.74, 6) is 0.0168. The molecule has 24 heavy (non-hydrogen) atoms. The van der Waals surface area contributed by atoms with Gasteiger partial charge in [-0.25, -0.2) is 0 Å². The van der Waals surface area contributed by atoms with Crippen LogP contribution in [0.15, 0.2) is 36.5 Å². The van der Waals surface area contributed by atoms with Gasteiger partial charge in [0.05, 0.1) is 16.7 Å². The number of para-hydroxylation sites is 1. The molecule has 2 saturated heterocycles. The number of carbonyl (C=O) groups excluding carboxylic acids is 1. The third-order valence-electron chi connectivity index (χ3n) is 5.32. The molecule has 0 aliphatic carbocycles. The predicted molar refractivity (Wildman–Crippen MR) is 91.0 cm³/mol. The van der Waals surface area contributed by atoms with Crippen LogP contribution in [0.1, 0.15) is 29.6 Å². The number of nitrogens with zero attached hydrogens (tertiary/aromatic N) is 2. The molecule has 1 amide bonds. The summed E-state index contributed by atoms with van der Waals surface area (Å²) in [5.41, 5.74) is 1.33. The molecule has 5 nitrogen and oxygen atoms in total. The van der Waals surface area contributed by atoms with Crippen LogP contribution in [0.2, 0.25) is 0 Å². The molecular formula is C19H22N2O3. The van der Waals surface area contributed by atoms with Gasteiger partial charge in [-0.1, -0.05) is 18.2 Å². The van der Waals surface area contributed by atoms with E-state index in [0.29, 0.717) is 18.7 Å². The molecule has 2 aliphatic heterocycles. The van der Waals surface area contributed by atoms with Crippen molar-refractivity contribution in [1.29, 1.82) is 0 Å². The fourth-order valence-corrected chi connectivity index (χ4v) is 3.96. The highest BCUT2D eigenvalue weighted by Crippen LogP contribution is 2.37. The number of pyridine rings is 1. The molecule has 1 aromatic carbocycles. The Balaban J connectivity index is 1.55. The largest absolute Gasteiger partial charge is 0.377 e. The third kappa shape index (κ3) is 2.58. The number of fused-ring (bicyclic) bond motifs is 1. The van der Waals surface area contributed by atoms with Crippen molar-refractivity contribution in [3.05, 3.63) is 42.1 Å². The Hall–Kier alpha value is -1.98. The fourth-order valence-electron chi connectivity index (χ4n) is 3.96. The van der Waals surface area contributed by atoms with Crippen molar-refractivity contribution in [2.24, 2.45) is 0 Å². The molecule has 2 aromatic rings. The van der Waals surface area contributed by atoms with Gasteiger partial charge in [0.15, 0.2) is 0 Å². The molecular weight excluding hydrogens is 304 g/mol. The van der Waals surface area contributed by atoms with E-state index in [1.807, 2.05) is 35.2 Å². The van der Waals surface area contributed by atoms with Crippen LogP contribution in [0.3, 0.4) is 0 Å². The molecule has 1 spiro atoms. The molecule has 0 radical (unpaired) electrons. The van der Waals surface area contributed by atoms with Crippen LogP contribution >= 0.6 is 0 Å². The summed E-state index contributed by atoms with van der Waals surface area (Å²) >= 11 is 0. The molecule has 126 valence electrons. The number of likely N-dealkylation sites (tertiary alicyclic amines) is 1. The summed E-state index contributed by atoms with van der Waals surface area (Å²) in [7, 11) is 1.71. The number of hydrogen-bond donors (Lipinski definition) is 0. The van der Waals surface area contributed by atoms with E-state index in [2.05, 4.69) is 4.98 Å². The number of benzene rings is 1. The normalized spacial score (nSPS) is 27.0. The van der Waals surface area contributed by atoms with E-state index in [0.717, 1.165) is 36.8 Å². The number of hydrogen-bond acceptors (Lipinski definition) is 4. The monoisotopic (exact) mass is 326 g/mol. The molecule has 5 heteroatoms. The molecule has 0 bridgehead atoms. The van der Waals surface area contributed by atoms with Crippen molar-refractivity contribution < 1.29 is 14.3 Å². The molecule has 4 rings (SSSR count). The van der Waals surface area contributed by atoms with Crippen LogP contribution in [0.4, 0.5) is 0 Å². The first-order chi connectivity index (χ1) is 11.7. The van der Waals surface area contributed by atoms with Gasteiger partial charge in [-0.2, -0.15) is 0 Å². The number of aromatic nitrogens is 1. The minimum atomic E-state index is -0.201. The van der Waals surface area contributed by atoms with E-state index in [-0.39, 0.29) is 17.6 Å². The molecule has 0 saturated carbocycles. The SMILES string of the molecule is CO[C@H]1CN(C(=O)c2cnc3ccccc3c2)CC[C@@]12CCCO2. The summed E-state index contributed by atoms with van der Waals surface area (Å²) < 4.78 is 11.7. The highest BCUT2D eigenvalue weighted by atomic mass is 16.5. The first kappa shape index (κ1) is 15.5. The lowest BCUT2D eigenvalue weighted by Crippen LogP contribution is -2.57. The lowest BCUT2D eigenvalue weighted by Gasteiger charge is -2.44. The first-order valence-electron chi connectivity index (χ1n) is 8.53. The van der Waals surface area contributed by atoms with Gasteiger partial charge in [-0.15, -0.1) is 0 Å². The van der Waals surface area contributed by atoms with Gasteiger partial charge in [0.2, 0.25) is 0 Å². The maximum absolute atomic E-state index is 12.9. The van der Waals surface area contributed by atoms with E-state index < -0.39 is 0 Å². The van der Waals surface area contributed by atoms with E-state index in [1.54, 1.807) is 13.3 Å². The average molecular weight is 326 g/mol. The maximum atomic E-state index is 12.9. The lowest BCUT2D eigenvalue weighted by molar-refractivity contribution is -0.136. The van der Waals surface area contributed by atoms with Crippen LogP contribution in [-0.2, 0) is 9.47 Å². The Morgan fingerprint density at radius 2 is 2.25 bits per heavy atom. The van der Waals surface area contributed by atoms with Gasteiger partial charge in [0.1, 0.15) is 6.10 Å². The second-order valence-corrected chi connectivity index (χ2v) is 6.66. The molecule has 0 unspecified atom stereocenters. The van der Waals surface area contributed by atoms with Gasteiger partial charge in [0.25, 0.3) is 5.91 Å². The maximum Gasteiger partial charge on any atom is 0.255 e. The lowest BCUT2D eigenvalue weighted by atomic mass is 9.85. The summed E-state index contributed by atoms with van der Waals surface area (Å²) in [6, 6.07) is 9.76. The van der Waals surface area contributed by atoms with Crippen LogP contribution in [0, 0.1) is 0 Å². The van der Waals surface area contributed by atoms with E-state index in [1.165, 1.54) is 0 Å². The zero-order chi connectivity index (χ0) is 16.6. The van der Waals surface area contributed by atoms with Gasteiger partial charge < -0.3 is 14.4 Å². The number of amides is 1. The van der Waals surface area contributed by atoms with Gasteiger partial charge >= 0.3 is 0 Å². The highest BCUT2D eigenvalue weighted by molar-refractivity contribution is 5.97. The van der Waals surface area contributed by atoms with Crippen LogP contribution in [-0.4, -0.2) is 54.3 Å². The second kappa shape index (κ2) is 6.15. The topological polar surface area (TPSA) is 51.7 Å². The molecule has 0 N–H and O–H groups in total. The molecule has 1 aromatic heterocycles. The first-order valence-corrected chi connectivity index (χ1v) is 8.53. The number of methoxy groups -OCH3 is 1. The fraction of sp³-hybridized carbons (Fsp3) is 0.474. The van der Waals surface area contributed by atoms with Crippen LogP contribution in [0.5, 0.6) is 0 Å². The molecule has 3 heterocycles. The standard InChI is InChI=1S/C19H22N2O3/c1-23-17-13-21(9-8-19(17)7-4-10-24-19)18(22)15-11-14-5-2-3-6-16(14)20-12-15/h2-3,5-6,11-12,17H,4,7-10,13H2,1H3/t17-,19-/m0/s1. The summed E-state index contributed by atoms with van der Waals surface area (Å²) in [4.78, 5) is 19.2. The number of ether oxygens (including phenoxy) is 2. The summed E-state index contributed by atoms with van der Waals surface area (Å²) in [6.45, 7) is 2.07. The highest BCUT2D eigenvalue weighted by Gasteiger charge is 2.47. The zero-order valence-corrected chi connectivity index (χ0v) is 13.9. The van der Waals surface area contributed by atoms with E-state index >= 15 is 0 Å². The van der Waals surface area contributed by atoms with Crippen molar-refractivity contribution >= 4 is 16.8 Å².